The Bertz CT molecular complexity index is 305. The smallest absolute Gasteiger partial charge is 0.272 e. The molecule has 0 radical (unpaired) electrons. The van der Waals surface area contributed by atoms with Gasteiger partial charge in [-0.2, -0.15) is 0 Å². The summed E-state index contributed by atoms with van der Waals surface area (Å²) in [6, 6.07) is 4.80. The van der Waals surface area contributed by atoms with Gasteiger partial charge in [-0.1, -0.05) is 0 Å². The topological polar surface area (TPSA) is 18.5 Å². The molecule has 0 N–H and O–H groups in total. The molecule has 1 aromatic carbocycles. The van der Waals surface area contributed by atoms with Crippen LogP contribution in [-0.2, 0) is 0 Å². The fourth-order valence-electron chi connectivity index (χ4n) is 0.896. The minimum atomic E-state index is -2.46. The van der Waals surface area contributed by atoms with Gasteiger partial charge in [0.05, 0.1) is 11.6 Å². The number of halogens is 3. The Hall–Kier alpha value is -0.840. The van der Waals surface area contributed by atoms with E-state index in [0.717, 1.165) is 0 Å². The van der Waals surface area contributed by atoms with Crippen molar-refractivity contribution in [3.8, 4) is 11.5 Å². The van der Waals surface area contributed by atoms with Crippen molar-refractivity contribution in [3.05, 3.63) is 22.7 Å². The first-order valence-electron chi connectivity index (χ1n) is 3.88. The summed E-state index contributed by atoms with van der Waals surface area (Å²) < 4.78 is 34.1. The van der Waals surface area contributed by atoms with E-state index in [1.807, 2.05) is 0 Å². The second-order valence-corrected chi connectivity index (χ2v) is 3.35. The molecule has 1 rings (SSSR count). The predicted octanol–water partition coefficient (Wildman–Crippen LogP) is 3.10. The Morgan fingerprint density at radius 3 is 2.64 bits per heavy atom. The molecule has 5 heteroatoms. The number of hydrogen-bond donors (Lipinski definition) is 0. The molecular weight excluding hydrogens is 258 g/mol. The van der Waals surface area contributed by atoms with Gasteiger partial charge in [0.25, 0.3) is 6.43 Å². The molecule has 0 aliphatic rings. The van der Waals surface area contributed by atoms with Crippen LogP contribution in [0, 0.1) is 0 Å². The molecule has 0 saturated heterocycles. The van der Waals surface area contributed by atoms with Gasteiger partial charge in [0.15, 0.2) is 0 Å². The number of alkyl halides is 2. The molecule has 0 amide bonds. The zero-order valence-electron chi connectivity index (χ0n) is 7.47. The monoisotopic (exact) mass is 266 g/mol. The summed E-state index contributed by atoms with van der Waals surface area (Å²) in [5.74, 6) is 1.02. The quantitative estimate of drug-likeness (QED) is 0.834. The highest BCUT2D eigenvalue weighted by Gasteiger charge is 2.05. The summed E-state index contributed by atoms with van der Waals surface area (Å²) in [5.41, 5.74) is 0. The number of benzene rings is 1. The lowest BCUT2D eigenvalue weighted by Crippen LogP contribution is -2.06. The van der Waals surface area contributed by atoms with E-state index in [9.17, 15) is 8.78 Å². The molecule has 78 valence electrons. The van der Waals surface area contributed by atoms with E-state index in [1.165, 1.54) is 7.11 Å². The van der Waals surface area contributed by atoms with E-state index in [0.29, 0.717) is 16.0 Å². The molecular formula is C9H9BrF2O2. The molecule has 0 atom stereocenters. The van der Waals surface area contributed by atoms with E-state index >= 15 is 0 Å². The third-order valence-corrected chi connectivity index (χ3v) is 2.12. The molecule has 0 fully saturated rings. The molecule has 14 heavy (non-hydrogen) atoms. The number of hydrogen-bond acceptors (Lipinski definition) is 2. The molecule has 0 saturated carbocycles. The maximum atomic E-state index is 11.8. The van der Waals surface area contributed by atoms with Crippen LogP contribution < -0.4 is 9.47 Å². The van der Waals surface area contributed by atoms with Crippen LogP contribution in [0.4, 0.5) is 8.78 Å². The maximum absolute atomic E-state index is 11.8. The van der Waals surface area contributed by atoms with Crippen molar-refractivity contribution >= 4 is 15.9 Å². The average Bonchev–Trinajstić information content (AvgIpc) is 2.15. The van der Waals surface area contributed by atoms with Crippen LogP contribution in [0.15, 0.2) is 22.7 Å². The second-order valence-electron chi connectivity index (χ2n) is 2.50. The van der Waals surface area contributed by atoms with E-state index in [1.54, 1.807) is 18.2 Å². The number of ether oxygens (including phenoxy) is 2. The maximum Gasteiger partial charge on any atom is 0.272 e. The first-order chi connectivity index (χ1) is 6.63. The van der Waals surface area contributed by atoms with Crippen molar-refractivity contribution < 1.29 is 18.3 Å². The summed E-state index contributed by atoms with van der Waals surface area (Å²) in [6.07, 6.45) is -2.46. The molecule has 0 aliphatic heterocycles. The fraction of sp³-hybridized carbons (Fsp3) is 0.333. The van der Waals surface area contributed by atoms with Crippen LogP contribution in [0.1, 0.15) is 0 Å². The SMILES string of the molecule is COc1ccc(OCC(F)F)cc1Br. The molecule has 0 unspecified atom stereocenters. The van der Waals surface area contributed by atoms with Gasteiger partial charge in [-0.25, -0.2) is 8.78 Å². The predicted molar refractivity (Wildman–Crippen MR) is 52.2 cm³/mol. The van der Waals surface area contributed by atoms with Gasteiger partial charge < -0.3 is 9.47 Å². The van der Waals surface area contributed by atoms with Gasteiger partial charge >= 0.3 is 0 Å². The summed E-state index contributed by atoms with van der Waals surface area (Å²) in [6.45, 7) is -0.598. The molecule has 0 aromatic heterocycles. The van der Waals surface area contributed by atoms with E-state index < -0.39 is 13.0 Å². The van der Waals surface area contributed by atoms with Gasteiger partial charge in [0.2, 0.25) is 0 Å². The van der Waals surface area contributed by atoms with Crippen LogP contribution in [-0.4, -0.2) is 20.1 Å². The second kappa shape index (κ2) is 5.14. The molecule has 0 heterocycles. The van der Waals surface area contributed by atoms with Gasteiger partial charge in [-0.15, -0.1) is 0 Å². The Kier molecular flexibility index (Phi) is 4.13. The fourth-order valence-corrected chi connectivity index (χ4v) is 1.42. The number of methoxy groups -OCH3 is 1. The van der Waals surface area contributed by atoms with E-state index in [2.05, 4.69) is 15.9 Å². The van der Waals surface area contributed by atoms with Gasteiger partial charge in [-0.05, 0) is 34.1 Å². The Morgan fingerprint density at radius 1 is 1.43 bits per heavy atom. The van der Waals surface area contributed by atoms with Crippen molar-refractivity contribution in [2.24, 2.45) is 0 Å². The molecule has 0 bridgehead atoms. The average molecular weight is 267 g/mol. The Labute approximate surface area is 89.0 Å². The van der Waals surface area contributed by atoms with Gasteiger partial charge in [-0.3, -0.25) is 0 Å². The Morgan fingerprint density at radius 2 is 2.14 bits per heavy atom. The highest BCUT2D eigenvalue weighted by atomic mass is 79.9. The molecule has 2 nitrogen and oxygen atoms in total. The normalized spacial score (nSPS) is 10.4. The van der Waals surface area contributed by atoms with Crippen LogP contribution in [0.2, 0.25) is 0 Å². The highest BCUT2D eigenvalue weighted by Crippen LogP contribution is 2.28. The standard InChI is InChI=1S/C9H9BrF2O2/c1-13-8-3-2-6(4-7(8)10)14-5-9(11)12/h2-4,9H,5H2,1H3. The zero-order valence-corrected chi connectivity index (χ0v) is 9.05. The number of rotatable bonds is 4. The van der Waals surface area contributed by atoms with E-state index in [4.69, 9.17) is 9.47 Å². The van der Waals surface area contributed by atoms with Crippen molar-refractivity contribution in [3.63, 3.8) is 0 Å². The highest BCUT2D eigenvalue weighted by molar-refractivity contribution is 9.10. The van der Waals surface area contributed by atoms with Crippen LogP contribution in [0.25, 0.3) is 0 Å². The van der Waals surface area contributed by atoms with Crippen molar-refractivity contribution in [2.75, 3.05) is 13.7 Å². The van der Waals surface area contributed by atoms with E-state index in [-0.39, 0.29) is 0 Å². The first kappa shape index (κ1) is 11.2. The third-order valence-electron chi connectivity index (χ3n) is 1.50. The molecule has 0 aliphatic carbocycles. The van der Waals surface area contributed by atoms with Gasteiger partial charge in [0.1, 0.15) is 18.1 Å². The minimum absolute atomic E-state index is 0.387. The summed E-state index contributed by atoms with van der Waals surface area (Å²) in [5, 5.41) is 0. The van der Waals surface area contributed by atoms with Crippen molar-refractivity contribution in [1.82, 2.24) is 0 Å². The molecule has 1 aromatic rings. The Balaban J connectivity index is 2.66. The lowest BCUT2D eigenvalue weighted by molar-refractivity contribution is 0.0818. The first-order valence-corrected chi connectivity index (χ1v) is 4.67. The lowest BCUT2D eigenvalue weighted by Gasteiger charge is -2.07. The third kappa shape index (κ3) is 3.14. The largest absolute Gasteiger partial charge is 0.496 e. The van der Waals surface area contributed by atoms with Crippen molar-refractivity contribution in [1.29, 1.82) is 0 Å². The van der Waals surface area contributed by atoms with Crippen LogP contribution in [0.5, 0.6) is 11.5 Å². The lowest BCUT2D eigenvalue weighted by atomic mass is 10.3. The van der Waals surface area contributed by atoms with Crippen molar-refractivity contribution in [2.45, 2.75) is 6.43 Å². The van der Waals surface area contributed by atoms with Crippen LogP contribution >= 0.6 is 15.9 Å². The minimum Gasteiger partial charge on any atom is -0.496 e. The summed E-state index contributed by atoms with van der Waals surface area (Å²) >= 11 is 3.22. The summed E-state index contributed by atoms with van der Waals surface area (Å²) in [4.78, 5) is 0. The van der Waals surface area contributed by atoms with Crippen LogP contribution in [0.3, 0.4) is 0 Å². The summed E-state index contributed by atoms with van der Waals surface area (Å²) in [7, 11) is 1.53. The molecule has 0 spiro atoms. The zero-order chi connectivity index (χ0) is 10.6. The van der Waals surface area contributed by atoms with Gasteiger partial charge in [0, 0.05) is 0 Å².